The van der Waals surface area contributed by atoms with E-state index >= 15 is 0 Å². The van der Waals surface area contributed by atoms with E-state index in [1.165, 1.54) is 37.6 Å². The van der Waals surface area contributed by atoms with Gasteiger partial charge in [0.05, 0.1) is 17.7 Å². The van der Waals surface area contributed by atoms with Crippen LogP contribution in [0.3, 0.4) is 0 Å². The minimum Gasteiger partial charge on any atom is -0.455 e. The lowest BCUT2D eigenvalue weighted by molar-refractivity contribution is -0.384. The average Bonchev–Trinajstić information content (AvgIpc) is 3.16. The molecular weight excluding hydrogens is 348 g/mol. The van der Waals surface area contributed by atoms with Crippen molar-refractivity contribution >= 4 is 17.8 Å². The van der Waals surface area contributed by atoms with Crippen molar-refractivity contribution in [2.75, 3.05) is 6.54 Å². The summed E-state index contributed by atoms with van der Waals surface area (Å²) in [5.74, 6) is 0.847. The Morgan fingerprint density at radius 1 is 1.19 bits per heavy atom. The first-order valence-electron chi connectivity index (χ1n) is 9.02. The second-order valence-corrected chi connectivity index (χ2v) is 6.52. The van der Waals surface area contributed by atoms with E-state index in [4.69, 9.17) is 4.42 Å². The summed E-state index contributed by atoms with van der Waals surface area (Å²) in [5, 5.41) is 17.8. The molecule has 1 saturated carbocycles. The molecule has 3 rings (SSSR count). The highest BCUT2D eigenvalue weighted by molar-refractivity contribution is 5.82. The van der Waals surface area contributed by atoms with Gasteiger partial charge in [0.2, 0.25) is 0 Å². The zero-order chi connectivity index (χ0) is 19.1. The fourth-order valence-corrected chi connectivity index (χ4v) is 3.08. The second-order valence-electron chi connectivity index (χ2n) is 6.52. The predicted octanol–water partition coefficient (Wildman–Crippen LogP) is 3.23. The minimum atomic E-state index is -0.449. The number of nitrogens with zero attached hydrogens (tertiary/aromatic N) is 2. The van der Waals surface area contributed by atoms with Gasteiger partial charge in [0.25, 0.3) is 11.6 Å². The summed E-state index contributed by atoms with van der Waals surface area (Å²) in [5.41, 5.74) is 3.22. The van der Waals surface area contributed by atoms with Gasteiger partial charge in [-0.1, -0.05) is 19.3 Å². The molecule has 0 radical (unpaired) electrons. The number of nitrogens with one attached hydrogen (secondary N) is 2. The molecule has 0 spiro atoms. The lowest BCUT2D eigenvalue weighted by Gasteiger charge is -2.22. The number of nitro groups is 1. The summed E-state index contributed by atoms with van der Waals surface area (Å²) >= 11 is 0. The van der Waals surface area contributed by atoms with Crippen LogP contribution in [0.5, 0.6) is 0 Å². The van der Waals surface area contributed by atoms with Gasteiger partial charge in [-0.15, -0.1) is 0 Å². The van der Waals surface area contributed by atoms with E-state index < -0.39 is 4.92 Å². The summed E-state index contributed by atoms with van der Waals surface area (Å²) < 4.78 is 5.62. The van der Waals surface area contributed by atoms with Crippen LogP contribution in [-0.2, 0) is 4.79 Å². The number of hydrazone groups is 1. The number of carbonyl (C=O) groups is 1. The molecule has 1 aliphatic rings. The monoisotopic (exact) mass is 370 g/mol. The molecule has 1 amide bonds. The number of hydrogen-bond acceptors (Lipinski definition) is 6. The zero-order valence-electron chi connectivity index (χ0n) is 14.9. The van der Waals surface area contributed by atoms with Gasteiger partial charge in [-0.2, -0.15) is 5.10 Å². The van der Waals surface area contributed by atoms with Crippen LogP contribution in [0, 0.1) is 10.1 Å². The maximum Gasteiger partial charge on any atom is 0.269 e. The number of nitro benzene ring substituents is 1. The van der Waals surface area contributed by atoms with Crippen LogP contribution in [-0.4, -0.2) is 29.6 Å². The van der Waals surface area contributed by atoms with Crippen LogP contribution < -0.4 is 10.7 Å². The molecule has 0 atom stereocenters. The fraction of sp³-hybridized carbons (Fsp3) is 0.368. The van der Waals surface area contributed by atoms with Crippen LogP contribution in [0.2, 0.25) is 0 Å². The Hall–Kier alpha value is -3.00. The summed E-state index contributed by atoms with van der Waals surface area (Å²) in [7, 11) is 0. The van der Waals surface area contributed by atoms with Crippen molar-refractivity contribution in [1.82, 2.24) is 10.7 Å². The number of non-ortho nitro benzene ring substituents is 1. The van der Waals surface area contributed by atoms with Crippen molar-refractivity contribution in [3.05, 3.63) is 52.3 Å². The molecule has 1 aromatic heterocycles. The smallest absolute Gasteiger partial charge is 0.269 e. The zero-order valence-corrected chi connectivity index (χ0v) is 14.9. The van der Waals surface area contributed by atoms with Gasteiger partial charge in [0.15, 0.2) is 0 Å². The minimum absolute atomic E-state index is 0.0247. The van der Waals surface area contributed by atoms with Crippen molar-refractivity contribution < 1.29 is 14.1 Å². The third kappa shape index (κ3) is 5.49. The standard InChI is InChI=1S/C19H22N4O4/c24-19(13-20-15-4-2-1-3-5-15)22-21-12-17-10-11-18(27-17)14-6-8-16(9-7-14)23(25)26/h6-12,15,20H,1-5,13H2,(H,22,24)/b21-12-. The average molecular weight is 370 g/mol. The Labute approximate surface area is 156 Å². The van der Waals surface area contributed by atoms with Gasteiger partial charge in [0.1, 0.15) is 11.5 Å². The number of carbonyl (C=O) groups excluding carboxylic acids is 1. The maximum absolute atomic E-state index is 11.8. The number of rotatable bonds is 7. The number of furan rings is 1. The van der Waals surface area contributed by atoms with E-state index in [0.29, 0.717) is 17.6 Å². The van der Waals surface area contributed by atoms with Crippen molar-refractivity contribution in [2.24, 2.45) is 5.10 Å². The highest BCUT2D eigenvalue weighted by Crippen LogP contribution is 2.24. The molecule has 1 heterocycles. The molecule has 0 bridgehead atoms. The van der Waals surface area contributed by atoms with E-state index in [0.717, 1.165) is 18.4 Å². The van der Waals surface area contributed by atoms with Gasteiger partial charge in [-0.3, -0.25) is 14.9 Å². The summed E-state index contributed by atoms with van der Waals surface area (Å²) in [4.78, 5) is 22.1. The van der Waals surface area contributed by atoms with E-state index in [1.54, 1.807) is 24.3 Å². The predicted molar refractivity (Wildman–Crippen MR) is 101 cm³/mol. The number of benzene rings is 1. The molecule has 8 heteroatoms. The highest BCUT2D eigenvalue weighted by atomic mass is 16.6. The molecule has 0 unspecified atom stereocenters. The van der Waals surface area contributed by atoms with Crippen LogP contribution in [0.4, 0.5) is 5.69 Å². The van der Waals surface area contributed by atoms with E-state index in [1.807, 2.05) is 0 Å². The SMILES string of the molecule is O=C(CNC1CCCCC1)N/N=C\c1ccc(-c2ccc([N+](=O)[O-])cc2)o1. The highest BCUT2D eigenvalue weighted by Gasteiger charge is 2.13. The van der Waals surface area contributed by atoms with E-state index in [9.17, 15) is 14.9 Å². The molecule has 0 aliphatic heterocycles. The molecule has 1 aliphatic carbocycles. The first-order valence-corrected chi connectivity index (χ1v) is 9.02. The Kier molecular flexibility index (Phi) is 6.32. The Morgan fingerprint density at radius 2 is 1.93 bits per heavy atom. The van der Waals surface area contributed by atoms with Crippen molar-refractivity contribution in [3.8, 4) is 11.3 Å². The van der Waals surface area contributed by atoms with Crippen LogP contribution in [0.25, 0.3) is 11.3 Å². The lowest BCUT2D eigenvalue weighted by atomic mass is 9.95. The van der Waals surface area contributed by atoms with Crippen LogP contribution in [0.15, 0.2) is 45.9 Å². The van der Waals surface area contributed by atoms with Gasteiger partial charge in [-0.05, 0) is 37.1 Å². The third-order valence-corrected chi connectivity index (χ3v) is 4.53. The molecule has 2 N–H and O–H groups in total. The third-order valence-electron chi connectivity index (χ3n) is 4.53. The largest absolute Gasteiger partial charge is 0.455 e. The number of amides is 1. The van der Waals surface area contributed by atoms with Crippen LogP contribution in [0.1, 0.15) is 37.9 Å². The first-order chi connectivity index (χ1) is 13.1. The first kappa shape index (κ1) is 18.8. The molecule has 1 fully saturated rings. The van der Waals surface area contributed by atoms with E-state index in [2.05, 4.69) is 15.8 Å². The Bertz CT molecular complexity index is 807. The van der Waals surface area contributed by atoms with Gasteiger partial charge in [-0.25, -0.2) is 5.43 Å². The lowest BCUT2D eigenvalue weighted by Crippen LogP contribution is -2.38. The van der Waals surface area contributed by atoms with E-state index in [-0.39, 0.29) is 18.1 Å². The molecule has 142 valence electrons. The molecule has 27 heavy (non-hydrogen) atoms. The van der Waals surface area contributed by atoms with Gasteiger partial charge >= 0.3 is 0 Å². The quantitative estimate of drug-likeness (QED) is 0.442. The fourth-order valence-electron chi connectivity index (χ4n) is 3.08. The summed E-state index contributed by atoms with van der Waals surface area (Å²) in [6.45, 7) is 0.244. The Balaban J connectivity index is 1.48. The topological polar surface area (TPSA) is 110 Å². The molecular formula is C19H22N4O4. The summed E-state index contributed by atoms with van der Waals surface area (Å²) in [6, 6.07) is 9.97. The number of hydrogen-bond donors (Lipinski definition) is 2. The van der Waals surface area contributed by atoms with Gasteiger partial charge < -0.3 is 9.73 Å². The second kappa shape index (κ2) is 9.09. The van der Waals surface area contributed by atoms with Crippen molar-refractivity contribution in [1.29, 1.82) is 0 Å². The van der Waals surface area contributed by atoms with Crippen LogP contribution >= 0.6 is 0 Å². The maximum atomic E-state index is 11.8. The summed E-state index contributed by atoms with van der Waals surface area (Å²) in [6.07, 6.45) is 7.37. The molecule has 1 aromatic carbocycles. The van der Waals surface area contributed by atoms with Crippen molar-refractivity contribution in [2.45, 2.75) is 38.1 Å². The van der Waals surface area contributed by atoms with Crippen molar-refractivity contribution in [3.63, 3.8) is 0 Å². The Morgan fingerprint density at radius 3 is 2.63 bits per heavy atom. The normalized spacial score (nSPS) is 15.1. The molecule has 8 nitrogen and oxygen atoms in total. The van der Waals surface area contributed by atoms with Gasteiger partial charge in [0, 0.05) is 23.7 Å². The molecule has 2 aromatic rings. The molecule has 0 saturated heterocycles.